The largest absolute Gasteiger partial charge is 0.350 e. The quantitative estimate of drug-likeness (QED) is 0.663. The standard InChI is InChI=1S/C20H19N5O3S.ClH/c1-24-6-5-16-18(24)17(20(26)25-7-9-29(27,28)10-8-25)13-22-19(16)23-15-4-2-3-14(11-15)12-21;/h2-6,11,13H,7-10H2,1H3,(H,22,23);1H. The van der Waals surface area contributed by atoms with E-state index in [1.54, 1.807) is 23.1 Å². The zero-order valence-corrected chi connectivity index (χ0v) is 17.8. The van der Waals surface area contributed by atoms with Gasteiger partial charge in [-0.2, -0.15) is 5.26 Å². The summed E-state index contributed by atoms with van der Waals surface area (Å²) in [4.78, 5) is 19.1. The lowest BCUT2D eigenvalue weighted by atomic mass is 10.1. The van der Waals surface area contributed by atoms with Crippen molar-refractivity contribution in [3.8, 4) is 6.07 Å². The van der Waals surface area contributed by atoms with Gasteiger partial charge in [-0.3, -0.25) is 4.79 Å². The fourth-order valence-corrected chi connectivity index (χ4v) is 4.66. The average Bonchev–Trinajstić information content (AvgIpc) is 3.10. The van der Waals surface area contributed by atoms with Gasteiger partial charge in [0.2, 0.25) is 0 Å². The molecule has 0 spiro atoms. The van der Waals surface area contributed by atoms with E-state index in [9.17, 15) is 13.2 Å². The molecule has 0 saturated carbocycles. The van der Waals surface area contributed by atoms with Crippen molar-refractivity contribution in [2.45, 2.75) is 0 Å². The number of carbonyl (C=O) groups is 1. The van der Waals surface area contributed by atoms with Crippen molar-refractivity contribution >= 4 is 50.6 Å². The van der Waals surface area contributed by atoms with Crippen LogP contribution in [0.3, 0.4) is 0 Å². The second-order valence-corrected chi connectivity index (χ2v) is 9.27. The summed E-state index contributed by atoms with van der Waals surface area (Å²) in [6.07, 6.45) is 3.37. The minimum atomic E-state index is -3.07. The zero-order chi connectivity index (χ0) is 20.6. The second kappa shape index (κ2) is 8.34. The summed E-state index contributed by atoms with van der Waals surface area (Å²) in [7, 11) is -1.22. The highest BCUT2D eigenvalue weighted by atomic mass is 35.5. The fourth-order valence-electron chi connectivity index (χ4n) is 3.46. The molecule has 10 heteroatoms. The number of pyridine rings is 1. The molecule has 0 bridgehead atoms. The molecule has 4 rings (SSSR count). The van der Waals surface area contributed by atoms with Crippen molar-refractivity contribution in [2.75, 3.05) is 29.9 Å². The van der Waals surface area contributed by atoms with E-state index in [1.807, 2.05) is 29.9 Å². The Morgan fingerprint density at radius 3 is 2.67 bits per heavy atom. The summed E-state index contributed by atoms with van der Waals surface area (Å²) < 4.78 is 25.2. The Kier molecular flexibility index (Phi) is 6.01. The third-order valence-corrected chi connectivity index (χ3v) is 6.63. The molecule has 0 unspecified atom stereocenters. The molecule has 8 nitrogen and oxygen atoms in total. The molecular formula is C20H20ClN5O3S. The van der Waals surface area contributed by atoms with Gasteiger partial charge in [0.15, 0.2) is 9.84 Å². The first kappa shape index (κ1) is 21.6. The van der Waals surface area contributed by atoms with Crippen LogP contribution in [0.25, 0.3) is 10.9 Å². The van der Waals surface area contributed by atoms with Crippen molar-refractivity contribution in [1.29, 1.82) is 5.26 Å². The maximum atomic E-state index is 13.0. The topological polar surface area (TPSA) is 108 Å². The van der Waals surface area contributed by atoms with Gasteiger partial charge in [-0.15, -0.1) is 12.4 Å². The predicted molar refractivity (Wildman–Crippen MR) is 117 cm³/mol. The van der Waals surface area contributed by atoms with E-state index < -0.39 is 9.84 Å². The number of aryl methyl sites for hydroxylation is 1. The highest BCUT2D eigenvalue weighted by Gasteiger charge is 2.28. The van der Waals surface area contributed by atoms with Crippen molar-refractivity contribution in [2.24, 2.45) is 7.05 Å². The lowest BCUT2D eigenvalue weighted by molar-refractivity contribution is 0.0771. The first-order chi connectivity index (χ1) is 13.9. The molecule has 3 heterocycles. The predicted octanol–water partition coefficient (Wildman–Crippen LogP) is 2.48. The minimum absolute atomic E-state index is 0. The Bertz CT molecular complexity index is 1250. The maximum Gasteiger partial charge on any atom is 0.257 e. The number of anilines is 2. The Morgan fingerprint density at radius 2 is 1.97 bits per heavy atom. The van der Waals surface area contributed by atoms with Gasteiger partial charge in [-0.1, -0.05) is 6.07 Å². The number of nitrogens with zero attached hydrogens (tertiary/aromatic N) is 4. The number of benzene rings is 1. The third-order valence-electron chi connectivity index (χ3n) is 5.02. The number of sulfone groups is 1. The van der Waals surface area contributed by atoms with Crippen LogP contribution in [-0.2, 0) is 16.9 Å². The van der Waals surface area contributed by atoms with E-state index in [0.717, 1.165) is 16.6 Å². The molecule has 1 aliphatic rings. The molecule has 0 aliphatic carbocycles. The van der Waals surface area contributed by atoms with E-state index in [4.69, 9.17) is 5.26 Å². The number of amides is 1. The van der Waals surface area contributed by atoms with E-state index in [0.29, 0.717) is 16.9 Å². The molecule has 1 saturated heterocycles. The van der Waals surface area contributed by atoms with Crippen LogP contribution in [0.2, 0.25) is 0 Å². The zero-order valence-electron chi connectivity index (χ0n) is 16.2. The van der Waals surface area contributed by atoms with E-state index in [-0.39, 0.29) is 42.9 Å². The molecule has 1 fully saturated rings. The maximum absolute atomic E-state index is 13.0. The molecule has 30 heavy (non-hydrogen) atoms. The smallest absolute Gasteiger partial charge is 0.257 e. The van der Waals surface area contributed by atoms with Gasteiger partial charge in [0.1, 0.15) is 5.82 Å². The molecule has 1 N–H and O–H groups in total. The van der Waals surface area contributed by atoms with Crippen LogP contribution in [0.4, 0.5) is 11.5 Å². The minimum Gasteiger partial charge on any atom is -0.350 e. The summed E-state index contributed by atoms with van der Waals surface area (Å²) >= 11 is 0. The van der Waals surface area contributed by atoms with Gasteiger partial charge in [-0.05, 0) is 24.3 Å². The van der Waals surface area contributed by atoms with Crippen LogP contribution in [-0.4, -0.2) is 53.4 Å². The van der Waals surface area contributed by atoms with E-state index in [1.165, 1.54) is 6.20 Å². The summed E-state index contributed by atoms with van der Waals surface area (Å²) in [5.41, 5.74) is 2.41. The van der Waals surface area contributed by atoms with Gasteiger partial charge in [-0.25, -0.2) is 13.4 Å². The van der Waals surface area contributed by atoms with Crippen LogP contribution in [0.5, 0.6) is 0 Å². The SMILES string of the molecule is Cl.Cn1ccc2c(Nc3cccc(C#N)c3)ncc(C(=O)N3CCS(=O)(=O)CC3)c21. The Morgan fingerprint density at radius 1 is 1.23 bits per heavy atom. The molecule has 1 aliphatic heterocycles. The fraction of sp³-hybridized carbons (Fsp3) is 0.250. The number of halogens is 1. The molecule has 3 aromatic rings. The van der Waals surface area contributed by atoms with Gasteiger partial charge in [0.05, 0.1) is 34.2 Å². The second-order valence-electron chi connectivity index (χ2n) is 6.97. The first-order valence-corrected chi connectivity index (χ1v) is 10.9. The number of carbonyl (C=O) groups excluding carboxylic acids is 1. The molecule has 0 atom stereocenters. The Balaban J connectivity index is 0.00000256. The number of rotatable bonds is 3. The molecule has 0 radical (unpaired) electrons. The summed E-state index contributed by atoms with van der Waals surface area (Å²) in [5.74, 6) is 0.319. The average molecular weight is 446 g/mol. The van der Waals surface area contributed by atoms with Crippen LogP contribution in [0.15, 0.2) is 42.7 Å². The summed E-state index contributed by atoms with van der Waals surface area (Å²) in [6, 6.07) is 11.0. The normalized spacial score (nSPS) is 15.3. The van der Waals surface area contributed by atoms with Crippen LogP contribution in [0, 0.1) is 11.3 Å². The van der Waals surface area contributed by atoms with Gasteiger partial charge >= 0.3 is 0 Å². The van der Waals surface area contributed by atoms with Crippen molar-refractivity contribution < 1.29 is 13.2 Å². The van der Waals surface area contributed by atoms with Crippen LogP contribution >= 0.6 is 12.4 Å². The van der Waals surface area contributed by atoms with Crippen molar-refractivity contribution in [1.82, 2.24) is 14.5 Å². The molecule has 156 valence electrons. The molecular weight excluding hydrogens is 426 g/mol. The lowest BCUT2D eigenvalue weighted by Crippen LogP contribution is -2.43. The first-order valence-electron chi connectivity index (χ1n) is 9.09. The van der Waals surface area contributed by atoms with Gasteiger partial charge in [0, 0.05) is 43.6 Å². The van der Waals surface area contributed by atoms with Gasteiger partial charge in [0.25, 0.3) is 5.91 Å². The monoisotopic (exact) mass is 445 g/mol. The number of fused-ring (bicyclic) bond motifs is 1. The van der Waals surface area contributed by atoms with Crippen LogP contribution in [0.1, 0.15) is 15.9 Å². The molecule has 1 aromatic carbocycles. The molecule has 1 amide bonds. The molecule has 2 aromatic heterocycles. The van der Waals surface area contributed by atoms with E-state index >= 15 is 0 Å². The number of hydrogen-bond donors (Lipinski definition) is 1. The third kappa shape index (κ3) is 4.10. The van der Waals surface area contributed by atoms with Gasteiger partial charge < -0.3 is 14.8 Å². The number of nitriles is 1. The number of nitrogens with one attached hydrogen (secondary N) is 1. The lowest BCUT2D eigenvalue weighted by Gasteiger charge is -2.27. The Labute approximate surface area is 180 Å². The van der Waals surface area contributed by atoms with Crippen molar-refractivity contribution in [3.05, 3.63) is 53.9 Å². The van der Waals surface area contributed by atoms with Crippen LogP contribution < -0.4 is 5.32 Å². The number of hydrogen-bond acceptors (Lipinski definition) is 6. The Hall–Kier alpha value is -3.09. The summed E-state index contributed by atoms with van der Waals surface area (Å²) in [6.45, 7) is 0.377. The van der Waals surface area contributed by atoms with Crippen molar-refractivity contribution in [3.63, 3.8) is 0 Å². The highest BCUT2D eigenvalue weighted by Crippen LogP contribution is 2.29. The van der Waals surface area contributed by atoms with E-state index in [2.05, 4.69) is 16.4 Å². The number of aromatic nitrogens is 2. The summed E-state index contributed by atoms with van der Waals surface area (Å²) in [5, 5.41) is 13.1. The highest BCUT2D eigenvalue weighted by molar-refractivity contribution is 7.91.